The molecule has 1 fully saturated rings. The summed E-state index contributed by atoms with van der Waals surface area (Å²) >= 11 is 0. The first-order valence-corrected chi connectivity index (χ1v) is 10.1. The van der Waals surface area contributed by atoms with Crippen LogP contribution in [0.15, 0.2) is 41.4 Å². The van der Waals surface area contributed by atoms with Gasteiger partial charge in [0.2, 0.25) is 0 Å². The Hall–Kier alpha value is -3.35. The lowest BCUT2D eigenvalue weighted by Gasteiger charge is -2.18. The van der Waals surface area contributed by atoms with Crippen molar-refractivity contribution < 1.29 is 4.74 Å². The minimum absolute atomic E-state index is 0.149. The maximum atomic E-state index is 7.92. The van der Waals surface area contributed by atoms with Gasteiger partial charge in [-0.05, 0) is 25.3 Å². The molecule has 1 aromatic heterocycles. The predicted molar refractivity (Wildman–Crippen MR) is 116 cm³/mol. The van der Waals surface area contributed by atoms with Crippen molar-refractivity contribution in [1.82, 2.24) is 9.55 Å². The van der Waals surface area contributed by atoms with Gasteiger partial charge in [-0.2, -0.15) is 0 Å². The Kier molecular flexibility index (Phi) is 4.42. The molecule has 2 aliphatic rings. The van der Waals surface area contributed by atoms with Crippen molar-refractivity contribution in [2.75, 3.05) is 24.6 Å². The highest BCUT2D eigenvalue weighted by atomic mass is 16.5. The first-order chi connectivity index (χ1) is 14.2. The molecule has 0 unspecified atom stereocenters. The van der Waals surface area contributed by atoms with E-state index in [9.17, 15) is 0 Å². The van der Waals surface area contributed by atoms with Crippen molar-refractivity contribution in [3.05, 3.63) is 42.0 Å². The summed E-state index contributed by atoms with van der Waals surface area (Å²) in [6.45, 7) is 3.78. The lowest BCUT2D eigenvalue weighted by molar-refractivity contribution is 0.316. The third-order valence-corrected chi connectivity index (χ3v) is 5.67. The molecular weight excluding hydrogens is 364 g/mol. The highest BCUT2D eigenvalue weighted by molar-refractivity contribution is 6.00. The molecule has 0 radical (unpaired) electrons. The molecule has 0 spiro atoms. The summed E-state index contributed by atoms with van der Waals surface area (Å²) in [5, 5.41) is 7.92. The second-order valence-corrected chi connectivity index (χ2v) is 7.50. The summed E-state index contributed by atoms with van der Waals surface area (Å²) < 4.78 is 8.37. The highest BCUT2D eigenvalue weighted by Crippen LogP contribution is 2.37. The number of amidine groups is 1. The van der Waals surface area contributed by atoms with Crippen LogP contribution in [0.2, 0.25) is 0 Å². The monoisotopic (exact) mass is 388 g/mol. The number of nitrogens with two attached hydrogens (primary N) is 1. The number of hydrogen-bond donors (Lipinski definition) is 2. The Morgan fingerprint density at radius 2 is 1.90 bits per heavy atom. The third-order valence-electron chi connectivity index (χ3n) is 5.67. The average Bonchev–Trinajstić information content (AvgIpc) is 3.34. The van der Waals surface area contributed by atoms with Crippen LogP contribution in [0, 0.1) is 5.41 Å². The molecule has 3 N–H and O–H groups in total. The SMILES string of the molecule is N=C(/N=C\N)c1ccc(-c2nc3cc(N4CCCC4)cc4c3n2CCCO4)cc1. The summed E-state index contributed by atoms with van der Waals surface area (Å²) in [5.41, 5.74) is 10.3. The first-order valence-electron chi connectivity index (χ1n) is 10.1. The zero-order valence-corrected chi connectivity index (χ0v) is 16.3. The van der Waals surface area contributed by atoms with Crippen LogP contribution in [0.25, 0.3) is 22.4 Å². The van der Waals surface area contributed by atoms with Gasteiger partial charge < -0.3 is 19.9 Å². The van der Waals surface area contributed by atoms with Crippen molar-refractivity contribution in [3.63, 3.8) is 0 Å². The Balaban J connectivity index is 1.60. The van der Waals surface area contributed by atoms with E-state index in [-0.39, 0.29) is 5.84 Å². The number of benzene rings is 2. The van der Waals surface area contributed by atoms with Crippen molar-refractivity contribution in [3.8, 4) is 17.1 Å². The fourth-order valence-electron chi connectivity index (χ4n) is 4.25. The Labute approximate surface area is 169 Å². The van der Waals surface area contributed by atoms with E-state index in [4.69, 9.17) is 20.9 Å². The van der Waals surface area contributed by atoms with Crippen LogP contribution in [0.4, 0.5) is 5.69 Å². The Bertz CT molecular complexity index is 1090. The van der Waals surface area contributed by atoms with Gasteiger partial charge in [-0.3, -0.25) is 5.41 Å². The highest BCUT2D eigenvalue weighted by Gasteiger charge is 2.22. The lowest BCUT2D eigenvalue weighted by Crippen LogP contribution is -2.17. The van der Waals surface area contributed by atoms with Crippen LogP contribution in [-0.2, 0) is 6.54 Å². The largest absolute Gasteiger partial charge is 0.491 e. The van der Waals surface area contributed by atoms with Gasteiger partial charge in [0.15, 0.2) is 5.84 Å². The molecule has 148 valence electrons. The Morgan fingerprint density at radius 1 is 1.10 bits per heavy atom. The van der Waals surface area contributed by atoms with Gasteiger partial charge in [-0.1, -0.05) is 24.3 Å². The van der Waals surface area contributed by atoms with Gasteiger partial charge >= 0.3 is 0 Å². The molecule has 0 atom stereocenters. The van der Waals surface area contributed by atoms with Crippen LogP contribution in [-0.4, -0.2) is 41.4 Å². The van der Waals surface area contributed by atoms with Gasteiger partial charge in [-0.25, -0.2) is 9.98 Å². The van der Waals surface area contributed by atoms with E-state index in [0.717, 1.165) is 66.1 Å². The zero-order chi connectivity index (χ0) is 19.8. The molecule has 7 nitrogen and oxygen atoms in total. The molecule has 0 bridgehead atoms. The summed E-state index contributed by atoms with van der Waals surface area (Å²) in [7, 11) is 0. The quantitative estimate of drug-likeness (QED) is 0.531. The molecule has 7 heteroatoms. The summed E-state index contributed by atoms with van der Waals surface area (Å²) in [4.78, 5) is 11.3. The van der Waals surface area contributed by atoms with Crippen LogP contribution in [0.3, 0.4) is 0 Å². The summed E-state index contributed by atoms with van der Waals surface area (Å²) in [5.74, 6) is 2.01. The fraction of sp³-hybridized carbons (Fsp3) is 0.318. The number of imidazole rings is 1. The van der Waals surface area contributed by atoms with E-state index in [1.807, 2.05) is 24.3 Å². The number of nitrogens with zero attached hydrogens (tertiary/aromatic N) is 4. The second kappa shape index (κ2) is 7.24. The van der Waals surface area contributed by atoms with E-state index in [1.54, 1.807) is 0 Å². The number of ether oxygens (including phenoxy) is 1. The van der Waals surface area contributed by atoms with Gasteiger partial charge in [-0.15, -0.1) is 0 Å². The molecule has 3 aromatic rings. The topological polar surface area (TPSA) is 92.5 Å². The Morgan fingerprint density at radius 3 is 2.66 bits per heavy atom. The van der Waals surface area contributed by atoms with Gasteiger partial charge in [0.05, 0.1) is 18.5 Å². The van der Waals surface area contributed by atoms with E-state index < -0.39 is 0 Å². The number of aryl methyl sites for hydroxylation is 1. The van der Waals surface area contributed by atoms with Gasteiger partial charge in [0.25, 0.3) is 0 Å². The number of aromatic nitrogens is 2. The van der Waals surface area contributed by atoms with Crippen molar-refractivity contribution in [1.29, 1.82) is 5.41 Å². The van der Waals surface area contributed by atoms with Crippen molar-refractivity contribution >= 4 is 28.9 Å². The summed E-state index contributed by atoms with van der Waals surface area (Å²) in [6.07, 6.45) is 4.57. The summed E-state index contributed by atoms with van der Waals surface area (Å²) in [6, 6.07) is 12.1. The van der Waals surface area contributed by atoms with Crippen molar-refractivity contribution in [2.45, 2.75) is 25.8 Å². The molecule has 1 saturated heterocycles. The van der Waals surface area contributed by atoms with Crippen LogP contribution < -0.4 is 15.4 Å². The first kappa shape index (κ1) is 17.7. The smallest absolute Gasteiger partial charge is 0.153 e. The fourth-order valence-corrected chi connectivity index (χ4v) is 4.25. The number of aliphatic imine (C=N–C) groups is 1. The average molecular weight is 388 g/mol. The predicted octanol–water partition coefficient (Wildman–Crippen LogP) is 3.40. The van der Waals surface area contributed by atoms with E-state index in [1.165, 1.54) is 18.5 Å². The standard InChI is InChI=1S/C22H24N6O/c23-14-25-21(24)15-4-6-16(7-5-15)22-26-18-12-17(27-8-1-2-9-27)13-19-20(18)28(22)10-3-11-29-19/h4-7,12-14H,1-3,8-11H2,(H3,23,24,25). The lowest BCUT2D eigenvalue weighted by atomic mass is 10.1. The number of nitrogens with one attached hydrogen (secondary N) is 1. The van der Waals surface area contributed by atoms with Crippen LogP contribution in [0.5, 0.6) is 5.75 Å². The minimum atomic E-state index is 0.149. The van der Waals surface area contributed by atoms with Gasteiger partial charge in [0.1, 0.15) is 17.1 Å². The molecule has 0 aliphatic carbocycles. The van der Waals surface area contributed by atoms with E-state index in [2.05, 4.69) is 26.6 Å². The molecule has 0 saturated carbocycles. The molecular formula is C22H24N6O. The van der Waals surface area contributed by atoms with Crippen molar-refractivity contribution in [2.24, 2.45) is 10.7 Å². The molecule has 29 heavy (non-hydrogen) atoms. The number of hydrogen-bond acceptors (Lipinski definition) is 4. The maximum Gasteiger partial charge on any atom is 0.153 e. The van der Waals surface area contributed by atoms with E-state index >= 15 is 0 Å². The van der Waals surface area contributed by atoms with E-state index in [0.29, 0.717) is 6.61 Å². The second-order valence-electron chi connectivity index (χ2n) is 7.50. The normalized spacial score (nSPS) is 16.3. The number of rotatable bonds is 3. The minimum Gasteiger partial charge on any atom is -0.491 e. The molecule has 0 amide bonds. The molecule has 5 rings (SSSR count). The van der Waals surface area contributed by atoms with Gasteiger partial charge in [0, 0.05) is 42.5 Å². The molecule has 2 aliphatic heterocycles. The maximum absolute atomic E-state index is 7.92. The van der Waals surface area contributed by atoms with Crippen LogP contribution >= 0.6 is 0 Å². The number of anilines is 1. The third kappa shape index (κ3) is 3.12. The molecule has 3 heterocycles. The molecule has 2 aromatic carbocycles. The van der Waals surface area contributed by atoms with Crippen LogP contribution in [0.1, 0.15) is 24.8 Å². The zero-order valence-electron chi connectivity index (χ0n) is 16.3.